The van der Waals surface area contributed by atoms with Crippen molar-refractivity contribution in [2.45, 2.75) is 39.4 Å². The smallest absolute Gasteiger partial charge is 0.169 e. The van der Waals surface area contributed by atoms with Gasteiger partial charge in [0.2, 0.25) is 0 Å². The fourth-order valence-electron chi connectivity index (χ4n) is 1.26. The van der Waals surface area contributed by atoms with Crippen LogP contribution in [-0.4, -0.2) is 29.7 Å². The molecule has 1 aliphatic heterocycles. The molecule has 1 N–H and O–H groups in total. The van der Waals surface area contributed by atoms with Crippen LogP contribution in [0, 0.1) is 5.41 Å². The molecule has 0 aromatic rings. The van der Waals surface area contributed by atoms with E-state index in [-0.39, 0.29) is 5.78 Å². The fourth-order valence-corrected chi connectivity index (χ4v) is 1.26. The third kappa shape index (κ3) is 1.84. The quantitative estimate of drug-likeness (QED) is 0.635. The van der Waals surface area contributed by atoms with Gasteiger partial charge in [-0.25, -0.2) is 0 Å². The normalized spacial score (nSPS) is 30.7. The van der Waals surface area contributed by atoms with Crippen LogP contribution in [-0.2, 0) is 9.53 Å². The lowest BCUT2D eigenvalue weighted by Crippen LogP contribution is -2.38. The van der Waals surface area contributed by atoms with Gasteiger partial charge in [0, 0.05) is 5.41 Å². The minimum Gasteiger partial charge on any atom is -0.390 e. The topological polar surface area (TPSA) is 46.5 Å². The van der Waals surface area contributed by atoms with E-state index in [1.165, 1.54) is 0 Å². The lowest BCUT2D eigenvalue weighted by atomic mass is 9.86. The van der Waals surface area contributed by atoms with Crippen LogP contribution in [0.3, 0.4) is 0 Å². The van der Waals surface area contributed by atoms with Gasteiger partial charge in [-0.1, -0.05) is 20.8 Å². The fraction of sp³-hybridized carbons (Fsp3) is 0.889. The molecule has 0 saturated carbocycles. The SMILES string of the molecule is CC(C)(C)C(=O)[C@@H]1OCC[C@@H]1O. The number of ketones is 1. The lowest BCUT2D eigenvalue weighted by Gasteiger charge is -2.22. The van der Waals surface area contributed by atoms with E-state index < -0.39 is 17.6 Å². The first-order valence-electron chi connectivity index (χ1n) is 4.27. The largest absolute Gasteiger partial charge is 0.390 e. The highest BCUT2D eigenvalue weighted by Gasteiger charge is 2.38. The Morgan fingerprint density at radius 1 is 1.50 bits per heavy atom. The zero-order valence-electron chi connectivity index (χ0n) is 7.83. The van der Waals surface area contributed by atoms with Crippen molar-refractivity contribution in [3.05, 3.63) is 0 Å². The molecule has 1 heterocycles. The predicted octanol–water partition coefficient (Wildman–Crippen LogP) is 0.751. The number of Topliss-reactive ketones (excluding diaryl/α,β-unsaturated/α-hetero) is 1. The van der Waals surface area contributed by atoms with E-state index in [9.17, 15) is 9.90 Å². The van der Waals surface area contributed by atoms with E-state index in [1.54, 1.807) is 0 Å². The molecule has 70 valence electrons. The van der Waals surface area contributed by atoms with Crippen LogP contribution >= 0.6 is 0 Å². The Labute approximate surface area is 72.7 Å². The standard InChI is InChI=1S/C9H16O3/c1-9(2,3)8(11)7-6(10)4-5-12-7/h6-7,10H,4-5H2,1-3H3/t6-,7+/m0/s1. The van der Waals surface area contributed by atoms with Crippen LogP contribution in [0.2, 0.25) is 0 Å². The second-order valence-corrected chi connectivity index (χ2v) is 4.26. The molecule has 0 bridgehead atoms. The summed E-state index contributed by atoms with van der Waals surface area (Å²) in [5.74, 6) is -0.00694. The van der Waals surface area contributed by atoms with Gasteiger partial charge >= 0.3 is 0 Å². The number of aliphatic hydroxyl groups is 1. The summed E-state index contributed by atoms with van der Waals surface area (Å²) in [4.78, 5) is 11.6. The summed E-state index contributed by atoms with van der Waals surface area (Å²) >= 11 is 0. The highest BCUT2D eigenvalue weighted by Crippen LogP contribution is 2.24. The van der Waals surface area contributed by atoms with Crippen molar-refractivity contribution in [3.63, 3.8) is 0 Å². The van der Waals surface area contributed by atoms with Gasteiger partial charge in [0.05, 0.1) is 12.7 Å². The maximum absolute atomic E-state index is 11.6. The van der Waals surface area contributed by atoms with Crippen LogP contribution in [0.5, 0.6) is 0 Å². The molecule has 1 aliphatic rings. The van der Waals surface area contributed by atoms with E-state index in [2.05, 4.69) is 0 Å². The minimum absolute atomic E-state index is 0.00694. The molecule has 0 aliphatic carbocycles. The van der Waals surface area contributed by atoms with Crippen LogP contribution in [0.25, 0.3) is 0 Å². The van der Waals surface area contributed by atoms with Gasteiger partial charge in [-0.2, -0.15) is 0 Å². The van der Waals surface area contributed by atoms with Gasteiger partial charge in [0.1, 0.15) is 6.10 Å². The summed E-state index contributed by atoms with van der Waals surface area (Å²) in [5.41, 5.74) is -0.421. The average molecular weight is 172 g/mol. The van der Waals surface area contributed by atoms with Gasteiger partial charge in [-0.05, 0) is 6.42 Å². The Hall–Kier alpha value is -0.410. The summed E-state index contributed by atoms with van der Waals surface area (Å²) in [5, 5.41) is 9.38. The molecule has 1 rings (SSSR count). The third-order valence-corrected chi connectivity index (χ3v) is 2.06. The molecular formula is C9H16O3. The minimum atomic E-state index is -0.600. The van der Waals surface area contributed by atoms with Crippen molar-refractivity contribution in [3.8, 4) is 0 Å². The summed E-state index contributed by atoms with van der Waals surface area (Å²) in [7, 11) is 0. The molecule has 1 saturated heterocycles. The van der Waals surface area contributed by atoms with Crippen LogP contribution in [0.4, 0.5) is 0 Å². The zero-order valence-corrected chi connectivity index (χ0v) is 7.83. The molecule has 12 heavy (non-hydrogen) atoms. The molecule has 1 fully saturated rings. The predicted molar refractivity (Wildman–Crippen MR) is 44.8 cm³/mol. The van der Waals surface area contributed by atoms with Crippen molar-refractivity contribution >= 4 is 5.78 Å². The molecule has 0 amide bonds. The second-order valence-electron chi connectivity index (χ2n) is 4.26. The molecule has 2 atom stereocenters. The molecule has 0 unspecified atom stereocenters. The summed E-state index contributed by atoms with van der Waals surface area (Å²) in [6.45, 7) is 6.00. The molecule has 0 aromatic heterocycles. The molecule has 0 spiro atoms. The number of carbonyl (C=O) groups is 1. The first kappa shape index (κ1) is 9.68. The number of rotatable bonds is 1. The Morgan fingerprint density at radius 3 is 2.42 bits per heavy atom. The van der Waals surface area contributed by atoms with Crippen LogP contribution < -0.4 is 0 Å². The van der Waals surface area contributed by atoms with Gasteiger partial charge in [0.25, 0.3) is 0 Å². The van der Waals surface area contributed by atoms with Gasteiger partial charge < -0.3 is 9.84 Å². The lowest BCUT2D eigenvalue weighted by molar-refractivity contribution is -0.139. The summed E-state index contributed by atoms with van der Waals surface area (Å²) in [6.07, 6.45) is -0.617. The Bertz CT molecular complexity index is 181. The highest BCUT2D eigenvalue weighted by molar-refractivity contribution is 5.88. The summed E-state index contributed by atoms with van der Waals surface area (Å²) in [6, 6.07) is 0. The van der Waals surface area contributed by atoms with Crippen molar-refractivity contribution in [1.82, 2.24) is 0 Å². The summed E-state index contributed by atoms with van der Waals surface area (Å²) < 4.78 is 5.15. The Balaban J connectivity index is 2.64. The Morgan fingerprint density at radius 2 is 2.08 bits per heavy atom. The van der Waals surface area contributed by atoms with Crippen molar-refractivity contribution in [2.75, 3.05) is 6.61 Å². The van der Waals surface area contributed by atoms with E-state index in [0.29, 0.717) is 13.0 Å². The van der Waals surface area contributed by atoms with E-state index >= 15 is 0 Å². The number of aliphatic hydroxyl groups excluding tert-OH is 1. The van der Waals surface area contributed by atoms with Crippen LogP contribution in [0.1, 0.15) is 27.2 Å². The maximum atomic E-state index is 11.6. The van der Waals surface area contributed by atoms with E-state index in [4.69, 9.17) is 4.74 Å². The average Bonchev–Trinajstić information content (AvgIpc) is 2.31. The molecule has 3 nitrogen and oxygen atoms in total. The van der Waals surface area contributed by atoms with Crippen molar-refractivity contribution < 1.29 is 14.6 Å². The zero-order chi connectivity index (χ0) is 9.35. The van der Waals surface area contributed by atoms with Gasteiger partial charge in [-0.15, -0.1) is 0 Å². The molecule has 0 aromatic carbocycles. The number of hydrogen-bond donors (Lipinski definition) is 1. The van der Waals surface area contributed by atoms with E-state index in [1.807, 2.05) is 20.8 Å². The number of ether oxygens (including phenoxy) is 1. The number of carbonyl (C=O) groups excluding carboxylic acids is 1. The second kappa shape index (κ2) is 3.15. The number of hydrogen-bond acceptors (Lipinski definition) is 3. The van der Waals surface area contributed by atoms with Crippen molar-refractivity contribution in [2.24, 2.45) is 5.41 Å². The third-order valence-electron chi connectivity index (χ3n) is 2.06. The molecular weight excluding hydrogens is 156 g/mol. The van der Waals surface area contributed by atoms with Crippen molar-refractivity contribution in [1.29, 1.82) is 0 Å². The van der Waals surface area contributed by atoms with E-state index in [0.717, 1.165) is 0 Å². The maximum Gasteiger partial charge on any atom is 0.169 e. The highest BCUT2D eigenvalue weighted by atomic mass is 16.5. The first-order valence-corrected chi connectivity index (χ1v) is 4.27. The molecule has 0 radical (unpaired) electrons. The monoisotopic (exact) mass is 172 g/mol. The Kier molecular flexibility index (Phi) is 2.54. The van der Waals surface area contributed by atoms with Crippen LogP contribution in [0.15, 0.2) is 0 Å². The van der Waals surface area contributed by atoms with Gasteiger partial charge in [0.15, 0.2) is 5.78 Å². The molecule has 3 heteroatoms. The van der Waals surface area contributed by atoms with Gasteiger partial charge in [-0.3, -0.25) is 4.79 Å². The first-order chi connectivity index (χ1) is 5.43.